The van der Waals surface area contributed by atoms with E-state index in [0.717, 1.165) is 21.3 Å². The van der Waals surface area contributed by atoms with Crippen molar-refractivity contribution in [1.82, 2.24) is 4.98 Å². The third kappa shape index (κ3) is 2.31. The van der Waals surface area contributed by atoms with E-state index in [4.69, 9.17) is 0 Å². The molecule has 0 saturated carbocycles. The zero-order chi connectivity index (χ0) is 12.6. The smallest absolute Gasteiger partial charge is 0.185 e. The van der Waals surface area contributed by atoms with Crippen molar-refractivity contribution in [2.24, 2.45) is 0 Å². The number of aromatic nitrogens is 1. The van der Waals surface area contributed by atoms with E-state index in [9.17, 15) is 4.39 Å². The van der Waals surface area contributed by atoms with Crippen molar-refractivity contribution in [3.8, 4) is 10.4 Å². The molecule has 0 aliphatic heterocycles. The van der Waals surface area contributed by atoms with Crippen molar-refractivity contribution < 1.29 is 4.39 Å². The van der Waals surface area contributed by atoms with Crippen LogP contribution in [0, 0.1) is 19.7 Å². The molecule has 0 atom stereocenters. The Balaban J connectivity index is 2.49. The van der Waals surface area contributed by atoms with Gasteiger partial charge in [-0.25, -0.2) is 9.37 Å². The summed E-state index contributed by atoms with van der Waals surface area (Å²) >= 11 is 1.63. The minimum atomic E-state index is -0.163. The van der Waals surface area contributed by atoms with Crippen LogP contribution in [0.25, 0.3) is 10.4 Å². The van der Waals surface area contributed by atoms with Crippen LogP contribution in [-0.4, -0.2) is 19.1 Å². The van der Waals surface area contributed by atoms with Crippen molar-refractivity contribution in [1.29, 1.82) is 0 Å². The maximum atomic E-state index is 13.2. The number of benzene rings is 1. The molecule has 2 aromatic rings. The van der Waals surface area contributed by atoms with E-state index in [1.807, 2.05) is 38.1 Å². The summed E-state index contributed by atoms with van der Waals surface area (Å²) in [7, 11) is 3.94. The highest BCUT2D eigenvalue weighted by atomic mass is 32.1. The first-order chi connectivity index (χ1) is 7.99. The molecule has 0 bridgehead atoms. The fourth-order valence-corrected chi connectivity index (χ4v) is 2.61. The van der Waals surface area contributed by atoms with Crippen molar-refractivity contribution in [2.75, 3.05) is 19.0 Å². The van der Waals surface area contributed by atoms with Crippen LogP contribution in [0.1, 0.15) is 11.3 Å². The third-order valence-electron chi connectivity index (χ3n) is 2.59. The van der Waals surface area contributed by atoms with Crippen LogP contribution in [0.5, 0.6) is 0 Å². The molecule has 0 saturated heterocycles. The molecule has 1 aromatic carbocycles. The van der Waals surface area contributed by atoms with Crippen LogP contribution in [0.2, 0.25) is 0 Å². The summed E-state index contributed by atoms with van der Waals surface area (Å²) in [5.41, 5.74) is 2.69. The summed E-state index contributed by atoms with van der Waals surface area (Å²) < 4.78 is 13.2. The van der Waals surface area contributed by atoms with Gasteiger partial charge in [-0.15, -0.1) is 0 Å². The second-order valence-electron chi connectivity index (χ2n) is 4.27. The summed E-state index contributed by atoms with van der Waals surface area (Å²) in [5, 5.41) is 0.972. The SMILES string of the molecule is Cc1cc(-c2sc(N(C)C)nc2C)ccc1F. The molecule has 1 aromatic heterocycles. The maximum Gasteiger partial charge on any atom is 0.185 e. The van der Waals surface area contributed by atoms with E-state index in [-0.39, 0.29) is 5.82 Å². The second kappa shape index (κ2) is 4.45. The van der Waals surface area contributed by atoms with Gasteiger partial charge in [0.15, 0.2) is 5.13 Å². The van der Waals surface area contributed by atoms with Gasteiger partial charge in [-0.05, 0) is 37.1 Å². The first kappa shape index (κ1) is 12.0. The molecule has 90 valence electrons. The lowest BCUT2D eigenvalue weighted by molar-refractivity contribution is 0.619. The second-order valence-corrected chi connectivity index (χ2v) is 5.25. The van der Waals surface area contributed by atoms with Gasteiger partial charge in [0.05, 0.1) is 10.6 Å². The number of rotatable bonds is 2. The zero-order valence-corrected chi connectivity index (χ0v) is 11.2. The van der Waals surface area contributed by atoms with Gasteiger partial charge in [-0.3, -0.25) is 0 Å². The standard InChI is InChI=1S/C13H15FN2S/c1-8-7-10(5-6-11(8)14)12-9(2)15-13(17-12)16(3)4/h5-7H,1-4H3. The molecule has 0 unspecified atom stereocenters. The Bertz CT molecular complexity index is 546. The number of thiazole rings is 1. The molecule has 2 nitrogen and oxygen atoms in total. The fourth-order valence-electron chi connectivity index (χ4n) is 1.63. The molecule has 2 rings (SSSR count). The summed E-state index contributed by atoms with van der Waals surface area (Å²) in [6.45, 7) is 3.76. The quantitative estimate of drug-likeness (QED) is 0.809. The van der Waals surface area contributed by atoms with Crippen LogP contribution in [0.3, 0.4) is 0 Å². The van der Waals surface area contributed by atoms with Crippen molar-refractivity contribution in [3.05, 3.63) is 35.3 Å². The molecule has 4 heteroatoms. The van der Waals surface area contributed by atoms with Crippen LogP contribution in [0.15, 0.2) is 18.2 Å². The molecular formula is C13H15FN2S. The Morgan fingerprint density at radius 1 is 1.24 bits per heavy atom. The Kier molecular flexibility index (Phi) is 3.15. The highest BCUT2D eigenvalue weighted by molar-refractivity contribution is 7.19. The lowest BCUT2D eigenvalue weighted by Gasteiger charge is -2.05. The van der Waals surface area contributed by atoms with Crippen LogP contribution in [0.4, 0.5) is 9.52 Å². The molecule has 0 N–H and O–H groups in total. The molecule has 0 amide bonds. The lowest BCUT2D eigenvalue weighted by atomic mass is 10.1. The normalized spacial score (nSPS) is 10.6. The number of hydrogen-bond donors (Lipinski definition) is 0. The van der Waals surface area contributed by atoms with Gasteiger partial charge in [0.1, 0.15) is 5.82 Å². The fraction of sp³-hybridized carbons (Fsp3) is 0.308. The van der Waals surface area contributed by atoms with Crippen molar-refractivity contribution in [2.45, 2.75) is 13.8 Å². The maximum absolute atomic E-state index is 13.2. The number of halogens is 1. The largest absolute Gasteiger partial charge is 0.354 e. The lowest BCUT2D eigenvalue weighted by Crippen LogP contribution is -2.07. The summed E-state index contributed by atoms with van der Waals surface area (Å²) in [4.78, 5) is 7.58. The monoisotopic (exact) mass is 250 g/mol. The molecule has 0 aliphatic rings. The highest BCUT2D eigenvalue weighted by Crippen LogP contribution is 2.34. The number of nitrogens with zero attached hydrogens (tertiary/aromatic N) is 2. The van der Waals surface area contributed by atoms with Crippen LogP contribution < -0.4 is 4.90 Å². The Labute approximate surface area is 105 Å². The summed E-state index contributed by atoms with van der Waals surface area (Å²) in [6.07, 6.45) is 0. The van der Waals surface area contributed by atoms with Gasteiger partial charge < -0.3 is 4.90 Å². The topological polar surface area (TPSA) is 16.1 Å². The highest BCUT2D eigenvalue weighted by Gasteiger charge is 2.11. The molecule has 0 spiro atoms. The Hall–Kier alpha value is -1.42. The molecule has 17 heavy (non-hydrogen) atoms. The first-order valence-electron chi connectivity index (χ1n) is 5.40. The Morgan fingerprint density at radius 3 is 2.47 bits per heavy atom. The molecule has 1 heterocycles. The minimum Gasteiger partial charge on any atom is -0.354 e. The predicted octanol–water partition coefficient (Wildman–Crippen LogP) is 3.63. The van der Waals surface area contributed by atoms with Gasteiger partial charge in [0.2, 0.25) is 0 Å². The van der Waals surface area contributed by atoms with E-state index in [2.05, 4.69) is 4.98 Å². The van der Waals surface area contributed by atoms with Crippen molar-refractivity contribution in [3.63, 3.8) is 0 Å². The predicted molar refractivity (Wildman–Crippen MR) is 71.3 cm³/mol. The third-order valence-corrected chi connectivity index (χ3v) is 3.96. The van der Waals surface area contributed by atoms with E-state index < -0.39 is 0 Å². The van der Waals surface area contributed by atoms with E-state index in [1.165, 1.54) is 6.07 Å². The number of hydrogen-bond acceptors (Lipinski definition) is 3. The first-order valence-corrected chi connectivity index (χ1v) is 6.22. The van der Waals surface area contributed by atoms with Gasteiger partial charge >= 0.3 is 0 Å². The molecule has 0 aliphatic carbocycles. The van der Waals surface area contributed by atoms with E-state index >= 15 is 0 Å². The van der Waals surface area contributed by atoms with Gasteiger partial charge in [-0.2, -0.15) is 0 Å². The molecule has 0 radical (unpaired) electrons. The molecular weight excluding hydrogens is 235 g/mol. The summed E-state index contributed by atoms with van der Waals surface area (Å²) in [5.74, 6) is -0.163. The number of anilines is 1. The van der Waals surface area contributed by atoms with Crippen LogP contribution in [-0.2, 0) is 0 Å². The Morgan fingerprint density at radius 2 is 1.94 bits per heavy atom. The van der Waals surface area contributed by atoms with E-state index in [0.29, 0.717) is 5.56 Å². The van der Waals surface area contributed by atoms with Crippen LogP contribution >= 0.6 is 11.3 Å². The summed E-state index contributed by atoms with van der Waals surface area (Å²) in [6, 6.07) is 5.19. The van der Waals surface area contributed by atoms with E-state index in [1.54, 1.807) is 18.3 Å². The van der Waals surface area contributed by atoms with Gasteiger partial charge in [-0.1, -0.05) is 17.4 Å². The van der Waals surface area contributed by atoms with Gasteiger partial charge in [0.25, 0.3) is 0 Å². The zero-order valence-electron chi connectivity index (χ0n) is 10.4. The average molecular weight is 250 g/mol. The minimum absolute atomic E-state index is 0.163. The molecule has 0 fully saturated rings. The average Bonchev–Trinajstić information content (AvgIpc) is 2.65. The number of aryl methyl sites for hydroxylation is 2. The van der Waals surface area contributed by atoms with Gasteiger partial charge in [0, 0.05) is 14.1 Å². The van der Waals surface area contributed by atoms with Crippen molar-refractivity contribution >= 4 is 16.5 Å².